The molecule has 0 aliphatic carbocycles. The number of benzene rings is 2. The highest BCUT2D eigenvalue weighted by Crippen LogP contribution is 2.31. The summed E-state index contributed by atoms with van der Waals surface area (Å²) in [5.74, 6) is 0.220. The number of anilines is 1. The van der Waals surface area contributed by atoms with Gasteiger partial charge < -0.3 is 4.74 Å². The largest absolute Gasteiger partial charge is 0.417 e. The molecule has 0 spiro atoms. The predicted octanol–water partition coefficient (Wildman–Crippen LogP) is 5.33. The van der Waals surface area contributed by atoms with Crippen LogP contribution in [0.5, 0.6) is 5.75 Å². The van der Waals surface area contributed by atoms with Gasteiger partial charge in [0.05, 0.1) is 5.02 Å². The number of carbonyl (C=O) groups is 1. The van der Waals surface area contributed by atoms with E-state index in [2.05, 4.69) is 5.32 Å². The standard InChI is InChI=1S/C14H11Cl2NO2S/c1-20-10-7-5-9(6-8-10)17-14(18)19-12-4-2-3-11(15)13(12)16/h2-8H,1H3,(H,17,18). The van der Waals surface area contributed by atoms with Gasteiger partial charge in [-0.2, -0.15) is 0 Å². The zero-order chi connectivity index (χ0) is 14.5. The second-order valence-electron chi connectivity index (χ2n) is 3.79. The fourth-order valence-corrected chi connectivity index (χ4v) is 2.22. The summed E-state index contributed by atoms with van der Waals surface area (Å²) < 4.78 is 5.11. The molecule has 2 aromatic carbocycles. The fourth-order valence-electron chi connectivity index (χ4n) is 1.48. The van der Waals surface area contributed by atoms with Crippen molar-refractivity contribution in [3.8, 4) is 5.75 Å². The van der Waals surface area contributed by atoms with Crippen LogP contribution >= 0.6 is 35.0 Å². The van der Waals surface area contributed by atoms with E-state index in [1.807, 2.05) is 18.4 Å². The van der Waals surface area contributed by atoms with E-state index in [9.17, 15) is 4.79 Å². The minimum absolute atomic E-state index is 0.210. The molecule has 0 atom stereocenters. The average Bonchev–Trinajstić information content (AvgIpc) is 2.45. The Bertz CT molecular complexity index is 617. The summed E-state index contributed by atoms with van der Waals surface area (Å²) in [6.45, 7) is 0. The van der Waals surface area contributed by atoms with E-state index < -0.39 is 6.09 Å². The second kappa shape index (κ2) is 6.88. The fraction of sp³-hybridized carbons (Fsp3) is 0.0714. The number of ether oxygens (including phenoxy) is 1. The minimum atomic E-state index is -0.619. The van der Waals surface area contributed by atoms with Crippen molar-refractivity contribution in [3.05, 3.63) is 52.5 Å². The second-order valence-corrected chi connectivity index (χ2v) is 5.46. The molecule has 1 N–H and O–H groups in total. The number of amides is 1. The van der Waals surface area contributed by atoms with Crippen molar-refractivity contribution in [3.63, 3.8) is 0 Å². The number of nitrogens with one attached hydrogen (secondary N) is 1. The summed E-state index contributed by atoms with van der Waals surface area (Å²) in [5.41, 5.74) is 0.644. The Balaban J connectivity index is 2.03. The molecule has 0 heterocycles. The number of halogens is 2. The highest BCUT2D eigenvalue weighted by molar-refractivity contribution is 7.98. The Hall–Kier alpha value is -1.36. The van der Waals surface area contributed by atoms with Gasteiger partial charge in [-0.15, -0.1) is 11.8 Å². The molecule has 0 saturated carbocycles. The van der Waals surface area contributed by atoms with Crippen LogP contribution in [0.4, 0.5) is 10.5 Å². The molecular weight excluding hydrogens is 317 g/mol. The Morgan fingerprint density at radius 2 is 1.85 bits per heavy atom. The number of hydrogen-bond acceptors (Lipinski definition) is 3. The molecule has 20 heavy (non-hydrogen) atoms. The molecule has 0 fully saturated rings. The van der Waals surface area contributed by atoms with Crippen LogP contribution in [-0.4, -0.2) is 12.3 Å². The van der Waals surface area contributed by atoms with Crippen LogP contribution in [0.25, 0.3) is 0 Å². The lowest BCUT2D eigenvalue weighted by atomic mass is 10.3. The van der Waals surface area contributed by atoms with Crippen LogP contribution in [0.15, 0.2) is 47.4 Å². The van der Waals surface area contributed by atoms with Crippen molar-refractivity contribution >= 4 is 46.7 Å². The predicted molar refractivity (Wildman–Crippen MR) is 84.3 cm³/mol. The average molecular weight is 328 g/mol. The maximum atomic E-state index is 11.8. The minimum Gasteiger partial charge on any atom is -0.408 e. The van der Waals surface area contributed by atoms with Gasteiger partial charge in [0.15, 0.2) is 5.75 Å². The summed E-state index contributed by atoms with van der Waals surface area (Å²) in [5, 5.41) is 3.16. The van der Waals surface area contributed by atoms with Gasteiger partial charge in [0.25, 0.3) is 0 Å². The SMILES string of the molecule is CSc1ccc(NC(=O)Oc2cccc(Cl)c2Cl)cc1. The van der Waals surface area contributed by atoms with Crippen molar-refractivity contribution in [2.75, 3.05) is 11.6 Å². The first-order chi connectivity index (χ1) is 9.60. The first-order valence-electron chi connectivity index (χ1n) is 5.67. The maximum absolute atomic E-state index is 11.8. The summed E-state index contributed by atoms with van der Waals surface area (Å²) in [6, 6.07) is 12.3. The quantitative estimate of drug-likeness (QED) is 0.774. The Morgan fingerprint density at radius 1 is 1.15 bits per heavy atom. The molecule has 6 heteroatoms. The zero-order valence-corrected chi connectivity index (χ0v) is 12.9. The van der Waals surface area contributed by atoms with Gasteiger partial charge in [-0.25, -0.2) is 4.79 Å². The molecule has 0 bridgehead atoms. The highest BCUT2D eigenvalue weighted by atomic mass is 35.5. The monoisotopic (exact) mass is 327 g/mol. The van der Waals surface area contributed by atoms with Crippen LogP contribution < -0.4 is 10.1 Å². The third kappa shape index (κ3) is 3.82. The summed E-state index contributed by atoms with van der Waals surface area (Å²) in [6.07, 6.45) is 1.36. The zero-order valence-electron chi connectivity index (χ0n) is 10.5. The summed E-state index contributed by atoms with van der Waals surface area (Å²) >= 11 is 13.4. The van der Waals surface area contributed by atoms with Crippen LogP contribution in [0.3, 0.4) is 0 Å². The van der Waals surface area contributed by atoms with Gasteiger partial charge in [-0.05, 0) is 42.7 Å². The van der Waals surface area contributed by atoms with Crippen molar-refractivity contribution < 1.29 is 9.53 Å². The van der Waals surface area contributed by atoms with Crippen molar-refractivity contribution in [1.29, 1.82) is 0 Å². The lowest BCUT2D eigenvalue weighted by molar-refractivity contribution is 0.215. The highest BCUT2D eigenvalue weighted by Gasteiger charge is 2.10. The van der Waals surface area contributed by atoms with Gasteiger partial charge in [0.2, 0.25) is 0 Å². The molecule has 3 nitrogen and oxygen atoms in total. The molecule has 0 aromatic heterocycles. The van der Waals surface area contributed by atoms with Gasteiger partial charge in [0.1, 0.15) is 5.02 Å². The molecule has 0 radical (unpaired) electrons. The number of thioether (sulfide) groups is 1. The Labute approximate surface area is 131 Å². The smallest absolute Gasteiger partial charge is 0.408 e. The van der Waals surface area contributed by atoms with Crippen molar-refractivity contribution in [2.24, 2.45) is 0 Å². The van der Waals surface area contributed by atoms with Crippen molar-refractivity contribution in [1.82, 2.24) is 0 Å². The molecule has 2 aromatic rings. The molecule has 2 rings (SSSR count). The number of hydrogen-bond donors (Lipinski definition) is 1. The van der Waals surface area contributed by atoms with E-state index >= 15 is 0 Å². The third-order valence-electron chi connectivity index (χ3n) is 2.46. The maximum Gasteiger partial charge on any atom is 0.417 e. The van der Waals surface area contributed by atoms with Gasteiger partial charge in [-0.3, -0.25) is 5.32 Å². The topological polar surface area (TPSA) is 38.3 Å². The lowest BCUT2D eigenvalue weighted by Crippen LogP contribution is -2.16. The van der Waals surface area contributed by atoms with Crippen molar-refractivity contribution in [2.45, 2.75) is 4.90 Å². The summed E-state index contributed by atoms with van der Waals surface area (Å²) in [4.78, 5) is 12.9. The third-order valence-corrected chi connectivity index (χ3v) is 4.00. The van der Waals surface area contributed by atoms with E-state index in [1.54, 1.807) is 42.1 Å². The molecule has 1 amide bonds. The van der Waals surface area contributed by atoms with E-state index in [0.717, 1.165) is 4.90 Å². The van der Waals surface area contributed by atoms with Gasteiger partial charge in [-0.1, -0.05) is 29.3 Å². The molecule has 0 aliphatic rings. The van der Waals surface area contributed by atoms with Gasteiger partial charge >= 0.3 is 6.09 Å². The first kappa shape index (κ1) is 15.0. The first-order valence-corrected chi connectivity index (χ1v) is 7.65. The number of rotatable bonds is 3. The van der Waals surface area contributed by atoms with Gasteiger partial charge in [0, 0.05) is 10.6 Å². The molecule has 0 saturated heterocycles. The van der Waals surface area contributed by atoms with Crippen LogP contribution in [0.1, 0.15) is 0 Å². The lowest BCUT2D eigenvalue weighted by Gasteiger charge is -2.08. The molecule has 0 aliphatic heterocycles. The van der Waals surface area contributed by atoms with E-state index in [4.69, 9.17) is 27.9 Å². The number of carbonyl (C=O) groups excluding carboxylic acids is 1. The van der Waals surface area contributed by atoms with E-state index in [0.29, 0.717) is 10.7 Å². The van der Waals surface area contributed by atoms with E-state index in [1.165, 1.54) is 0 Å². The summed E-state index contributed by atoms with van der Waals surface area (Å²) in [7, 11) is 0. The Kier molecular flexibility index (Phi) is 5.17. The normalized spacial score (nSPS) is 10.2. The Morgan fingerprint density at radius 3 is 2.50 bits per heavy atom. The van der Waals surface area contributed by atoms with E-state index in [-0.39, 0.29) is 10.8 Å². The molecule has 0 unspecified atom stereocenters. The van der Waals surface area contributed by atoms with Crippen LogP contribution in [0.2, 0.25) is 10.0 Å². The van der Waals surface area contributed by atoms with Crippen LogP contribution in [-0.2, 0) is 0 Å². The molecule has 104 valence electrons. The van der Waals surface area contributed by atoms with Crippen LogP contribution in [0, 0.1) is 0 Å². The molecular formula is C14H11Cl2NO2S.